The maximum absolute atomic E-state index is 13.4. The number of nitrogens with zero attached hydrogens (tertiary/aromatic N) is 3. The molecule has 0 saturated carbocycles. The van der Waals surface area contributed by atoms with Crippen LogP contribution in [-0.2, 0) is 27.9 Å². The molecule has 0 bridgehead atoms. The summed E-state index contributed by atoms with van der Waals surface area (Å²) in [4.78, 5) is 43.7. The summed E-state index contributed by atoms with van der Waals surface area (Å²) < 4.78 is 11.5. The van der Waals surface area contributed by atoms with Crippen LogP contribution in [0.4, 0.5) is 0 Å². The Labute approximate surface area is 170 Å². The van der Waals surface area contributed by atoms with E-state index in [1.807, 2.05) is 6.07 Å². The van der Waals surface area contributed by atoms with E-state index in [-0.39, 0.29) is 24.8 Å². The molecule has 29 heavy (non-hydrogen) atoms. The van der Waals surface area contributed by atoms with Crippen molar-refractivity contribution in [1.29, 1.82) is 0 Å². The highest BCUT2D eigenvalue weighted by Gasteiger charge is 2.32. The lowest BCUT2D eigenvalue weighted by Gasteiger charge is -2.28. The molecule has 0 fully saturated rings. The lowest BCUT2D eigenvalue weighted by molar-refractivity contribution is -0.137. The number of carbonyl (C=O) groups is 3. The molecular weight excluding hydrogens is 374 g/mol. The first kappa shape index (κ1) is 22.3. The van der Waals surface area contributed by atoms with E-state index >= 15 is 0 Å². The van der Waals surface area contributed by atoms with Crippen LogP contribution in [0, 0.1) is 13.8 Å². The fraction of sp³-hybridized carbons (Fsp3) is 0.429. The summed E-state index contributed by atoms with van der Waals surface area (Å²) in [6.07, 6.45) is 3.29. The Morgan fingerprint density at radius 3 is 2.48 bits per heavy atom. The number of ether oxygens (including phenoxy) is 2. The molecule has 0 N–H and O–H groups in total. The SMILES string of the molecule is COCC(=O)N(Cc1cccnc1)C(C)C(=O)c1c(C)c(C(=O)OC)n(C)c1C. The van der Waals surface area contributed by atoms with E-state index in [0.29, 0.717) is 22.5 Å². The molecule has 0 radical (unpaired) electrons. The summed E-state index contributed by atoms with van der Waals surface area (Å²) in [7, 11) is 4.44. The zero-order valence-electron chi connectivity index (χ0n) is 17.7. The van der Waals surface area contributed by atoms with Crippen LogP contribution < -0.4 is 0 Å². The molecule has 1 atom stereocenters. The fourth-order valence-corrected chi connectivity index (χ4v) is 3.41. The topological polar surface area (TPSA) is 90.7 Å². The molecule has 0 aliphatic rings. The fourth-order valence-electron chi connectivity index (χ4n) is 3.41. The first-order valence-corrected chi connectivity index (χ1v) is 9.20. The van der Waals surface area contributed by atoms with Crippen molar-refractivity contribution in [3.05, 3.63) is 52.6 Å². The molecule has 2 aromatic rings. The second-order valence-electron chi connectivity index (χ2n) is 6.84. The molecule has 2 aromatic heterocycles. The normalized spacial score (nSPS) is 11.8. The van der Waals surface area contributed by atoms with Gasteiger partial charge in [0.2, 0.25) is 5.91 Å². The quantitative estimate of drug-likeness (QED) is 0.497. The Morgan fingerprint density at radius 2 is 1.93 bits per heavy atom. The van der Waals surface area contributed by atoms with E-state index in [0.717, 1.165) is 5.56 Å². The van der Waals surface area contributed by atoms with Crippen molar-refractivity contribution < 1.29 is 23.9 Å². The summed E-state index contributed by atoms with van der Waals surface area (Å²) in [6, 6.07) is 2.85. The van der Waals surface area contributed by atoms with E-state index in [4.69, 9.17) is 9.47 Å². The second-order valence-corrected chi connectivity index (χ2v) is 6.84. The summed E-state index contributed by atoms with van der Waals surface area (Å²) in [5.74, 6) is -1.07. The van der Waals surface area contributed by atoms with Gasteiger partial charge in [-0.05, 0) is 38.0 Å². The van der Waals surface area contributed by atoms with Crippen LogP contribution in [0.2, 0.25) is 0 Å². The molecule has 156 valence electrons. The van der Waals surface area contributed by atoms with Crippen molar-refractivity contribution in [2.24, 2.45) is 7.05 Å². The number of Topliss-reactive ketones (excluding diaryl/α,β-unsaturated/α-hetero) is 1. The van der Waals surface area contributed by atoms with Crippen LogP contribution in [0.5, 0.6) is 0 Å². The van der Waals surface area contributed by atoms with Gasteiger partial charge in [0.15, 0.2) is 5.78 Å². The highest BCUT2D eigenvalue weighted by Crippen LogP contribution is 2.25. The van der Waals surface area contributed by atoms with Gasteiger partial charge in [-0.15, -0.1) is 0 Å². The molecular formula is C21H27N3O5. The molecule has 0 aliphatic heterocycles. The number of hydrogen-bond donors (Lipinski definition) is 0. The van der Waals surface area contributed by atoms with Crippen molar-refractivity contribution >= 4 is 17.7 Å². The minimum Gasteiger partial charge on any atom is -0.464 e. The third-order valence-electron chi connectivity index (χ3n) is 5.07. The molecule has 2 rings (SSSR count). The summed E-state index contributed by atoms with van der Waals surface area (Å²) in [5, 5.41) is 0. The molecule has 1 amide bonds. The van der Waals surface area contributed by atoms with Crippen molar-refractivity contribution in [3.8, 4) is 0 Å². The third kappa shape index (κ3) is 4.54. The van der Waals surface area contributed by atoms with Gasteiger partial charge in [-0.25, -0.2) is 4.79 Å². The van der Waals surface area contributed by atoms with Gasteiger partial charge in [-0.1, -0.05) is 6.07 Å². The number of amides is 1. The molecule has 8 nitrogen and oxygen atoms in total. The van der Waals surface area contributed by atoms with E-state index in [1.54, 1.807) is 50.8 Å². The van der Waals surface area contributed by atoms with E-state index in [2.05, 4.69) is 4.98 Å². The Morgan fingerprint density at radius 1 is 1.24 bits per heavy atom. The number of aromatic nitrogens is 2. The maximum Gasteiger partial charge on any atom is 0.354 e. The Balaban J connectivity index is 2.43. The van der Waals surface area contributed by atoms with Crippen LogP contribution in [0.15, 0.2) is 24.5 Å². The Kier molecular flexibility index (Phi) is 7.28. The third-order valence-corrected chi connectivity index (χ3v) is 5.07. The van der Waals surface area contributed by atoms with Gasteiger partial charge in [-0.2, -0.15) is 0 Å². The van der Waals surface area contributed by atoms with Crippen LogP contribution in [0.1, 0.15) is 44.6 Å². The summed E-state index contributed by atoms with van der Waals surface area (Å²) >= 11 is 0. The molecule has 8 heteroatoms. The van der Waals surface area contributed by atoms with Gasteiger partial charge >= 0.3 is 5.97 Å². The van der Waals surface area contributed by atoms with Gasteiger partial charge < -0.3 is 18.9 Å². The van der Waals surface area contributed by atoms with Crippen molar-refractivity contribution in [1.82, 2.24) is 14.5 Å². The van der Waals surface area contributed by atoms with E-state index in [1.165, 1.54) is 19.1 Å². The summed E-state index contributed by atoms with van der Waals surface area (Å²) in [5.41, 5.74) is 2.72. The molecule has 0 aromatic carbocycles. The number of methoxy groups -OCH3 is 2. The minimum atomic E-state index is -0.761. The summed E-state index contributed by atoms with van der Waals surface area (Å²) in [6.45, 7) is 5.23. The number of rotatable bonds is 8. The zero-order valence-corrected chi connectivity index (χ0v) is 17.7. The number of hydrogen-bond acceptors (Lipinski definition) is 6. The van der Waals surface area contributed by atoms with Crippen molar-refractivity contribution in [2.75, 3.05) is 20.8 Å². The predicted octanol–water partition coefficient (Wildman–Crippen LogP) is 2.07. The molecule has 0 spiro atoms. The molecule has 1 unspecified atom stereocenters. The van der Waals surface area contributed by atoms with Gasteiger partial charge in [-0.3, -0.25) is 14.6 Å². The standard InChI is InChI=1S/C21H27N3O5/c1-13-18(14(2)23(4)19(13)21(27)29-6)20(26)15(3)24(17(25)12-28-5)11-16-8-7-9-22-10-16/h7-10,15H,11-12H2,1-6H3. The number of carbonyl (C=O) groups excluding carboxylic acids is 3. The van der Waals surface area contributed by atoms with Gasteiger partial charge in [0, 0.05) is 44.4 Å². The lowest BCUT2D eigenvalue weighted by atomic mass is 9.99. The molecule has 0 saturated heterocycles. The largest absolute Gasteiger partial charge is 0.464 e. The van der Waals surface area contributed by atoms with Crippen LogP contribution >= 0.6 is 0 Å². The second kappa shape index (κ2) is 9.47. The molecule has 2 heterocycles. The number of ketones is 1. The number of esters is 1. The smallest absolute Gasteiger partial charge is 0.354 e. The Bertz CT molecular complexity index is 905. The first-order chi connectivity index (χ1) is 13.7. The van der Waals surface area contributed by atoms with Gasteiger partial charge in [0.1, 0.15) is 12.3 Å². The zero-order chi connectivity index (χ0) is 21.7. The predicted molar refractivity (Wildman–Crippen MR) is 107 cm³/mol. The molecule has 0 aliphatic carbocycles. The average Bonchev–Trinajstić information content (AvgIpc) is 2.94. The highest BCUT2D eigenvalue weighted by atomic mass is 16.5. The van der Waals surface area contributed by atoms with Gasteiger partial charge in [0.05, 0.1) is 13.2 Å². The highest BCUT2D eigenvalue weighted by molar-refractivity contribution is 6.06. The first-order valence-electron chi connectivity index (χ1n) is 9.20. The maximum atomic E-state index is 13.4. The Hall–Kier alpha value is -3.00. The van der Waals surface area contributed by atoms with Crippen LogP contribution in [-0.4, -0.2) is 59.0 Å². The lowest BCUT2D eigenvalue weighted by Crippen LogP contribution is -2.44. The van der Waals surface area contributed by atoms with E-state index in [9.17, 15) is 14.4 Å². The van der Waals surface area contributed by atoms with Crippen LogP contribution in [0.25, 0.3) is 0 Å². The number of pyridine rings is 1. The minimum absolute atomic E-state index is 0.141. The van der Waals surface area contributed by atoms with Crippen molar-refractivity contribution in [3.63, 3.8) is 0 Å². The van der Waals surface area contributed by atoms with Crippen LogP contribution in [0.3, 0.4) is 0 Å². The monoisotopic (exact) mass is 401 g/mol. The average molecular weight is 401 g/mol. The van der Waals surface area contributed by atoms with Gasteiger partial charge in [0.25, 0.3) is 0 Å². The van der Waals surface area contributed by atoms with E-state index < -0.39 is 12.0 Å². The van der Waals surface area contributed by atoms with Crippen molar-refractivity contribution in [2.45, 2.75) is 33.4 Å².